The van der Waals surface area contributed by atoms with E-state index < -0.39 is 17.6 Å². The average Bonchev–Trinajstić information content (AvgIpc) is 3.26. The van der Waals surface area contributed by atoms with Crippen LogP contribution in [0.15, 0.2) is 52.3 Å². The Balaban J connectivity index is 1.71. The molecule has 0 radical (unpaired) electrons. The van der Waals surface area contributed by atoms with Crippen LogP contribution in [0.1, 0.15) is 25.9 Å². The number of hydrogen-bond donors (Lipinski definition) is 1. The van der Waals surface area contributed by atoms with Gasteiger partial charge in [0.15, 0.2) is 5.58 Å². The first-order chi connectivity index (χ1) is 13.4. The minimum Gasteiger partial charge on any atom is -0.478 e. The molecular weight excluding hydrogens is 405 g/mol. The van der Waals surface area contributed by atoms with Crippen molar-refractivity contribution in [3.8, 4) is 11.1 Å². The number of ketones is 1. The number of benzene rings is 2. The van der Waals surface area contributed by atoms with E-state index in [1.54, 1.807) is 24.3 Å². The monoisotopic (exact) mass is 415 g/mol. The van der Waals surface area contributed by atoms with Crippen molar-refractivity contribution in [1.29, 1.82) is 0 Å². The van der Waals surface area contributed by atoms with E-state index in [-0.39, 0.29) is 34.0 Å². The molecule has 5 nitrogen and oxygen atoms in total. The number of hydrogen-bond acceptors (Lipinski definition) is 5. The van der Waals surface area contributed by atoms with E-state index in [2.05, 4.69) is 4.98 Å². The second kappa shape index (κ2) is 7.18. The number of carbonyl (C=O) groups is 2. The second-order valence-electron chi connectivity index (χ2n) is 5.96. The van der Waals surface area contributed by atoms with Gasteiger partial charge in [-0.15, -0.1) is 11.3 Å². The summed E-state index contributed by atoms with van der Waals surface area (Å²) in [6.45, 7) is 0. The molecule has 28 heavy (non-hydrogen) atoms. The molecule has 0 spiro atoms. The number of aromatic carboxylic acids is 1. The molecule has 2 heterocycles. The van der Waals surface area contributed by atoms with Gasteiger partial charge in [-0.3, -0.25) is 4.79 Å². The third-order valence-corrected chi connectivity index (χ3v) is 5.38. The van der Waals surface area contributed by atoms with Crippen molar-refractivity contribution in [2.45, 2.75) is 6.42 Å². The number of fused-ring (bicyclic) bond motifs is 1. The summed E-state index contributed by atoms with van der Waals surface area (Å²) in [5.41, 5.74) is 1.21. The minimum absolute atomic E-state index is 0.0924. The van der Waals surface area contributed by atoms with Crippen molar-refractivity contribution in [3.05, 3.63) is 75.0 Å². The van der Waals surface area contributed by atoms with E-state index >= 15 is 0 Å². The fraction of sp³-hybridized carbons (Fsp3) is 0.0500. The number of carboxylic acids is 1. The zero-order valence-electron chi connectivity index (χ0n) is 14.1. The molecule has 0 aliphatic carbocycles. The van der Waals surface area contributed by atoms with Gasteiger partial charge in [-0.2, -0.15) is 0 Å². The van der Waals surface area contributed by atoms with Gasteiger partial charge < -0.3 is 9.52 Å². The molecular formula is C20H11ClFNO4S. The Kier molecular flexibility index (Phi) is 4.70. The number of aromatic nitrogens is 1. The Morgan fingerprint density at radius 3 is 2.68 bits per heavy atom. The number of halogens is 2. The van der Waals surface area contributed by atoms with Gasteiger partial charge in [-0.1, -0.05) is 23.7 Å². The number of oxazole rings is 1. The van der Waals surface area contributed by atoms with Crippen LogP contribution >= 0.6 is 22.9 Å². The smallest absolute Gasteiger partial charge is 0.337 e. The molecule has 2 aromatic heterocycles. The number of nitrogens with zero attached hydrogens (tertiary/aromatic N) is 1. The molecule has 0 saturated heterocycles. The minimum atomic E-state index is -1.24. The van der Waals surface area contributed by atoms with Gasteiger partial charge in [0.05, 0.1) is 12.0 Å². The number of Topliss-reactive ketones (excluding diaryl/α,β-unsaturated/α-hetero) is 1. The number of rotatable bonds is 5. The normalized spacial score (nSPS) is 11.1. The summed E-state index contributed by atoms with van der Waals surface area (Å²) in [5.74, 6) is -2.43. The van der Waals surface area contributed by atoms with Crippen LogP contribution in [0, 0.1) is 5.82 Å². The van der Waals surface area contributed by atoms with Crippen molar-refractivity contribution in [2.75, 3.05) is 0 Å². The van der Waals surface area contributed by atoms with Crippen molar-refractivity contribution < 1.29 is 23.5 Å². The van der Waals surface area contributed by atoms with E-state index in [0.717, 1.165) is 17.4 Å². The first-order valence-electron chi connectivity index (χ1n) is 8.12. The lowest BCUT2D eigenvalue weighted by molar-refractivity contribution is 0.0697. The summed E-state index contributed by atoms with van der Waals surface area (Å²) < 4.78 is 19.7. The Hall–Kier alpha value is -3.03. The molecule has 0 amide bonds. The van der Waals surface area contributed by atoms with Gasteiger partial charge in [0, 0.05) is 21.0 Å². The van der Waals surface area contributed by atoms with Crippen LogP contribution in [0.4, 0.5) is 4.39 Å². The third-order valence-electron chi connectivity index (χ3n) is 4.16. The molecule has 4 aromatic rings. The molecule has 8 heteroatoms. The largest absolute Gasteiger partial charge is 0.478 e. The molecule has 0 saturated carbocycles. The van der Waals surface area contributed by atoms with Crippen LogP contribution in [-0.4, -0.2) is 21.8 Å². The zero-order valence-corrected chi connectivity index (χ0v) is 15.7. The molecule has 4 rings (SSSR count). The lowest BCUT2D eigenvalue weighted by atomic mass is 10.0. The van der Waals surface area contributed by atoms with E-state index in [1.807, 2.05) is 0 Å². The van der Waals surface area contributed by atoms with Crippen LogP contribution in [0.2, 0.25) is 5.02 Å². The SMILES string of the molecule is O=C(Cc1scc(-c2ccc(Cl)cc2F)c1C(=O)O)c1nc2ccccc2o1. The van der Waals surface area contributed by atoms with Gasteiger partial charge in [0.25, 0.3) is 5.89 Å². The Bertz CT molecular complexity index is 1200. The van der Waals surface area contributed by atoms with Gasteiger partial charge in [0.1, 0.15) is 11.3 Å². The van der Waals surface area contributed by atoms with Gasteiger partial charge in [0.2, 0.25) is 5.78 Å². The molecule has 0 aliphatic heterocycles. The highest BCUT2D eigenvalue weighted by Gasteiger charge is 2.25. The topological polar surface area (TPSA) is 80.4 Å². The summed E-state index contributed by atoms with van der Waals surface area (Å²) in [6.07, 6.45) is -0.214. The average molecular weight is 416 g/mol. The van der Waals surface area contributed by atoms with Crippen molar-refractivity contribution in [3.63, 3.8) is 0 Å². The highest BCUT2D eigenvalue weighted by molar-refractivity contribution is 7.11. The first-order valence-corrected chi connectivity index (χ1v) is 9.37. The summed E-state index contributed by atoms with van der Waals surface area (Å²) in [5, 5.41) is 11.4. The van der Waals surface area contributed by atoms with Crippen molar-refractivity contribution in [1.82, 2.24) is 4.98 Å². The summed E-state index contributed by atoms with van der Waals surface area (Å²) in [6, 6.07) is 10.9. The third kappa shape index (κ3) is 3.30. The number of para-hydroxylation sites is 2. The maximum absolute atomic E-state index is 14.3. The Morgan fingerprint density at radius 1 is 1.18 bits per heavy atom. The quantitative estimate of drug-likeness (QED) is 0.437. The lowest BCUT2D eigenvalue weighted by Crippen LogP contribution is -2.08. The number of thiophene rings is 1. The molecule has 0 aliphatic rings. The lowest BCUT2D eigenvalue weighted by Gasteiger charge is -2.05. The highest BCUT2D eigenvalue weighted by Crippen LogP contribution is 2.35. The standard InChI is InChI=1S/C20H11ClFNO4S/c21-10-5-6-11(13(22)7-10)12-9-28-17(18(12)20(25)26)8-15(24)19-23-14-3-1-2-4-16(14)27-19/h1-7,9H,8H2,(H,25,26). The fourth-order valence-corrected chi connectivity index (χ4v) is 4.07. The van der Waals surface area contributed by atoms with E-state index in [4.69, 9.17) is 16.0 Å². The van der Waals surface area contributed by atoms with Crippen LogP contribution in [0.3, 0.4) is 0 Å². The Morgan fingerprint density at radius 2 is 1.96 bits per heavy atom. The van der Waals surface area contributed by atoms with Crippen LogP contribution in [0.5, 0.6) is 0 Å². The summed E-state index contributed by atoms with van der Waals surface area (Å²) >= 11 is 6.84. The van der Waals surface area contributed by atoms with Gasteiger partial charge in [-0.05, 0) is 35.7 Å². The molecule has 0 bridgehead atoms. The van der Waals surface area contributed by atoms with Crippen LogP contribution < -0.4 is 0 Å². The van der Waals surface area contributed by atoms with Crippen LogP contribution in [0.25, 0.3) is 22.2 Å². The molecule has 140 valence electrons. The Labute approximate surface area is 167 Å². The van der Waals surface area contributed by atoms with Crippen molar-refractivity contribution in [2.24, 2.45) is 0 Å². The molecule has 0 unspecified atom stereocenters. The predicted molar refractivity (Wildman–Crippen MR) is 104 cm³/mol. The summed E-state index contributed by atoms with van der Waals surface area (Å²) in [7, 11) is 0. The molecule has 0 atom stereocenters. The number of carbonyl (C=O) groups excluding carboxylic acids is 1. The fourth-order valence-electron chi connectivity index (χ4n) is 2.88. The summed E-state index contributed by atoms with van der Waals surface area (Å²) in [4.78, 5) is 28.8. The first kappa shape index (κ1) is 18.3. The maximum Gasteiger partial charge on any atom is 0.337 e. The highest BCUT2D eigenvalue weighted by atomic mass is 35.5. The second-order valence-corrected chi connectivity index (χ2v) is 7.36. The predicted octanol–water partition coefficient (Wildman–Crippen LogP) is 5.47. The molecule has 2 aromatic carbocycles. The maximum atomic E-state index is 14.3. The number of carboxylic acid groups (broad SMARTS) is 1. The van der Waals surface area contributed by atoms with Gasteiger partial charge in [-0.25, -0.2) is 14.2 Å². The van der Waals surface area contributed by atoms with E-state index in [9.17, 15) is 19.1 Å². The zero-order chi connectivity index (χ0) is 19.8. The molecule has 1 N–H and O–H groups in total. The van der Waals surface area contributed by atoms with Crippen molar-refractivity contribution >= 4 is 45.8 Å². The van der Waals surface area contributed by atoms with E-state index in [1.165, 1.54) is 17.5 Å². The van der Waals surface area contributed by atoms with Crippen LogP contribution in [-0.2, 0) is 6.42 Å². The van der Waals surface area contributed by atoms with E-state index in [0.29, 0.717) is 16.0 Å². The van der Waals surface area contributed by atoms with Gasteiger partial charge >= 0.3 is 5.97 Å². The molecule has 0 fully saturated rings.